The first-order valence-electron chi connectivity index (χ1n) is 11.2. The van der Waals surface area contributed by atoms with Crippen molar-refractivity contribution in [3.8, 4) is 0 Å². The molecular formula is C22H38N4O3. The van der Waals surface area contributed by atoms with E-state index in [1.165, 1.54) is 0 Å². The van der Waals surface area contributed by atoms with E-state index in [4.69, 9.17) is 10.8 Å². The maximum atomic E-state index is 12.8. The fourth-order valence-electron chi connectivity index (χ4n) is 4.17. The molecule has 0 radical (unpaired) electrons. The Morgan fingerprint density at radius 3 is 2.72 bits per heavy atom. The standard InChI is InChI=1S/C22H38N4O3/c1-3-5-12-25(11-4-2)20(28)15-24-19-8-6-7-18(19)21(23)22(29)26-13-9-17(16-26)10-14-27/h17,27H,3-16,23H2,1-2H3/b21-18-,24-19?. The maximum absolute atomic E-state index is 12.8. The van der Waals surface area contributed by atoms with Crippen molar-refractivity contribution in [1.29, 1.82) is 0 Å². The lowest BCUT2D eigenvalue weighted by atomic mass is 10.1. The van der Waals surface area contributed by atoms with Gasteiger partial charge < -0.3 is 20.6 Å². The van der Waals surface area contributed by atoms with E-state index in [2.05, 4.69) is 18.8 Å². The summed E-state index contributed by atoms with van der Waals surface area (Å²) in [5, 5.41) is 9.11. The molecule has 1 saturated heterocycles. The Bertz CT molecular complexity index is 630. The van der Waals surface area contributed by atoms with Gasteiger partial charge in [-0.3, -0.25) is 14.6 Å². The summed E-state index contributed by atoms with van der Waals surface area (Å²) in [6.45, 7) is 7.36. The number of aliphatic hydroxyl groups excluding tert-OH is 1. The number of likely N-dealkylation sites (tertiary alicyclic amines) is 1. The fraction of sp³-hybridized carbons (Fsp3) is 0.773. The molecule has 7 nitrogen and oxygen atoms in total. The van der Waals surface area contributed by atoms with E-state index in [-0.39, 0.29) is 30.7 Å². The van der Waals surface area contributed by atoms with Crippen LogP contribution in [0, 0.1) is 5.92 Å². The summed E-state index contributed by atoms with van der Waals surface area (Å²) in [6, 6.07) is 0. The van der Waals surface area contributed by atoms with E-state index in [1.54, 1.807) is 4.90 Å². The van der Waals surface area contributed by atoms with Gasteiger partial charge in [-0.15, -0.1) is 0 Å². The minimum Gasteiger partial charge on any atom is -0.396 e. The molecule has 2 rings (SSSR count). The molecule has 0 spiro atoms. The van der Waals surface area contributed by atoms with Crippen molar-refractivity contribution in [1.82, 2.24) is 9.80 Å². The third-order valence-electron chi connectivity index (χ3n) is 5.89. The summed E-state index contributed by atoms with van der Waals surface area (Å²) in [4.78, 5) is 33.7. The van der Waals surface area contributed by atoms with Crippen LogP contribution in [0.25, 0.3) is 0 Å². The molecule has 1 unspecified atom stereocenters. The molecule has 2 aliphatic rings. The van der Waals surface area contributed by atoms with E-state index < -0.39 is 0 Å². The van der Waals surface area contributed by atoms with Crippen LogP contribution in [0.4, 0.5) is 0 Å². The van der Waals surface area contributed by atoms with Crippen molar-refractivity contribution in [2.24, 2.45) is 16.6 Å². The van der Waals surface area contributed by atoms with Gasteiger partial charge in [0.05, 0.1) is 0 Å². The van der Waals surface area contributed by atoms with E-state index in [0.29, 0.717) is 19.0 Å². The second kappa shape index (κ2) is 12.0. The molecule has 2 amide bonds. The first-order chi connectivity index (χ1) is 14.0. The first-order valence-corrected chi connectivity index (χ1v) is 11.2. The minimum absolute atomic E-state index is 0.0512. The summed E-state index contributed by atoms with van der Waals surface area (Å²) < 4.78 is 0. The largest absolute Gasteiger partial charge is 0.396 e. The normalized spacial score (nSPS) is 22.4. The summed E-state index contributed by atoms with van der Waals surface area (Å²) in [7, 11) is 0. The second-order valence-electron chi connectivity index (χ2n) is 8.16. The van der Waals surface area contributed by atoms with Crippen molar-refractivity contribution in [3.05, 3.63) is 11.3 Å². The summed E-state index contributed by atoms with van der Waals surface area (Å²) in [5.41, 5.74) is 8.19. The molecule has 2 fully saturated rings. The molecule has 0 aromatic heterocycles. The average molecular weight is 407 g/mol. The zero-order valence-corrected chi connectivity index (χ0v) is 18.2. The van der Waals surface area contributed by atoms with Crippen molar-refractivity contribution in [2.75, 3.05) is 39.3 Å². The SMILES string of the molecule is CCCCN(CCC)C(=O)CN=C1CCC/C1=C(/N)C(=O)N1CCC(CCO)C1. The molecule has 29 heavy (non-hydrogen) atoms. The number of unbranched alkanes of at least 4 members (excludes halogenated alkanes) is 1. The highest BCUT2D eigenvalue weighted by molar-refractivity contribution is 6.09. The van der Waals surface area contributed by atoms with Gasteiger partial charge in [0.2, 0.25) is 5.91 Å². The number of rotatable bonds is 10. The van der Waals surface area contributed by atoms with Crippen molar-refractivity contribution in [3.63, 3.8) is 0 Å². The number of hydrogen-bond acceptors (Lipinski definition) is 5. The number of carbonyl (C=O) groups excluding carboxylic acids is 2. The number of allylic oxidation sites excluding steroid dienone is 1. The monoisotopic (exact) mass is 406 g/mol. The van der Waals surface area contributed by atoms with Crippen LogP contribution in [0.2, 0.25) is 0 Å². The summed E-state index contributed by atoms with van der Waals surface area (Å²) in [6.07, 6.45) is 7.06. The van der Waals surface area contributed by atoms with E-state index in [9.17, 15) is 9.59 Å². The molecule has 1 saturated carbocycles. The fourth-order valence-corrected chi connectivity index (χ4v) is 4.17. The van der Waals surface area contributed by atoms with Gasteiger partial charge in [0.25, 0.3) is 5.91 Å². The molecule has 0 aromatic rings. The topological polar surface area (TPSA) is 99.2 Å². The Labute approximate surface area is 175 Å². The van der Waals surface area contributed by atoms with Crippen LogP contribution in [0.3, 0.4) is 0 Å². The lowest BCUT2D eigenvalue weighted by Crippen LogP contribution is -2.35. The van der Waals surface area contributed by atoms with Crippen molar-refractivity contribution in [2.45, 2.75) is 65.2 Å². The maximum Gasteiger partial charge on any atom is 0.270 e. The second-order valence-corrected chi connectivity index (χ2v) is 8.16. The molecule has 1 aliphatic heterocycles. The highest BCUT2D eigenvalue weighted by Gasteiger charge is 2.30. The molecule has 7 heteroatoms. The lowest BCUT2D eigenvalue weighted by molar-refractivity contribution is -0.129. The third kappa shape index (κ3) is 6.56. The van der Waals surface area contributed by atoms with E-state index in [0.717, 1.165) is 75.7 Å². The average Bonchev–Trinajstić information content (AvgIpc) is 3.38. The molecule has 1 heterocycles. The highest BCUT2D eigenvalue weighted by Crippen LogP contribution is 2.26. The van der Waals surface area contributed by atoms with Crippen LogP contribution in [0.15, 0.2) is 16.3 Å². The van der Waals surface area contributed by atoms with Gasteiger partial charge in [0.1, 0.15) is 12.2 Å². The molecule has 1 aliphatic carbocycles. The van der Waals surface area contributed by atoms with Gasteiger partial charge in [0.15, 0.2) is 0 Å². The number of aliphatic hydroxyl groups is 1. The Morgan fingerprint density at radius 1 is 1.24 bits per heavy atom. The van der Waals surface area contributed by atoms with Gasteiger partial charge in [-0.05, 0) is 50.9 Å². The Kier molecular flexibility index (Phi) is 9.64. The zero-order valence-electron chi connectivity index (χ0n) is 18.2. The van der Waals surface area contributed by atoms with Crippen LogP contribution in [0.5, 0.6) is 0 Å². The lowest BCUT2D eigenvalue weighted by Gasteiger charge is -2.21. The van der Waals surface area contributed by atoms with Crippen molar-refractivity contribution >= 4 is 17.5 Å². The predicted molar refractivity (Wildman–Crippen MR) is 116 cm³/mol. The summed E-state index contributed by atoms with van der Waals surface area (Å²) >= 11 is 0. The van der Waals surface area contributed by atoms with Crippen molar-refractivity contribution < 1.29 is 14.7 Å². The quantitative estimate of drug-likeness (QED) is 0.543. The number of nitrogens with zero attached hydrogens (tertiary/aromatic N) is 3. The van der Waals surface area contributed by atoms with Crippen LogP contribution in [-0.4, -0.2) is 71.8 Å². The number of aliphatic imine (C=N–C) groups is 1. The van der Waals surface area contributed by atoms with Gasteiger partial charge >= 0.3 is 0 Å². The van der Waals surface area contributed by atoms with Gasteiger partial charge in [-0.25, -0.2) is 0 Å². The molecular weight excluding hydrogens is 368 g/mol. The smallest absolute Gasteiger partial charge is 0.270 e. The molecule has 0 aromatic carbocycles. The molecule has 0 bridgehead atoms. The Morgan fingerprint density at radius 2 is 2.03 bits per heavy atom. The summed E-state index contributed by atoms with van der Waals surface area (Å²) in [5.74, 6) is 0.274. The highest BCUT2D eigenvalue weighted by atomic mass is 16.3. The number of hydrogen-bond donors (Lipinski definition) is 2. The number of nitrogens with two attached hydrogens (primary N) is 1. The molecule has 3 N–H and O–H groups in total. The van der Waals surface area contributed by atoms with Gasteiger partial charge in [-0.2, -0.15) is 0 Å². The number of carbonyl (C=O) groups is 2. The third-order valence-corrected chi connectivity index (χ3v) is 5.89. The van der Waals surface area contributed by atoms with Crippen LogP contribution in [-0.2, 0) is 9.59 Å². The van der Waals surface area contributed by atoms with Gasteiger partial charge in [-0.1, -0.05) is 20.3 Å². The Hall–Kier alpha value is -1.89. The zero-order chi connectivity index (χ0) is 21.2. The van der Waals surface area contributed by atoms with E-state index in [1.807, 2.05) is 4.90 Å². The first kappa shape index (κ1) is 23.4. The predicted octanol–water partition coefficient (Wildman–Crippen LogP) is 2.09. The van der Waals surface area contributed by atoms with Crippen LogP contribution < -0.4 is 5.73 Å². The van der Waals surface area contributed by atoms with Crippen LogP contribution >= 0.6 is 0 Å². The number of amides is 2. The minimum atomic E-state index is -0.128. The van der Waals surface area contributed by atoms with Gasteiger partial charge in [0, 0.05) is 44.1 Å². The molecule has 1 atom stereocenters. The van der Waals surface area contributed by atoms with E-state index >= 15 is 0 Å². The molecule has 164 valence electrons. The Balaban J connectivity index is 2.03. The van der Waals surface area contributed by atoms with Crippen LogP contribution in [0.1, 0.15) is 65.2 Å².